The second kappa shape index (κ2) is 9.30. The number of anilines is 1. The maximum atomic E-state index is 12.6. The molecule has 0 saturated heterocycles. The van der Waals surface area contributed by atoms with Gasteiger partial charge in [0.2, 0.25) is 0 Å². The number of urea groups is 1. The zero-order valence-corrected chi connectivity index (χ0v) is 14.1. The Balaban J connectivity index is 2.12. The fraction of sp³-hybridized carbons (Fsp3) is 0.263. The standard InChI is InChI=1S/C19H21N3O3/c1-25-18-6-3-2-5-16(18)14-22(11-4-12-23)19(24)21-17-9-7-15(13-20)8-10-17/h2-3,5-10,23H,4,11-12,14H2,1H3,(H,21,24). The van der Waals surface area contributed by atoms with Crippen molar-refractivity contribution in [1.29, 1.82) is 5.26 Å². The summed E-state index contributed by atoms with van der Waals surface area (Å²) in [6, 6.07) is 15.9. The summed E-state index contributed by atoms with van der Waals surface area (Å²) in [5.41, 5.74) is 2.03. The molecule has 0 aliphatic carbocycles. The van der Waals surface area contributed by atoms with Gasteiger partial charge >= 0.3 is 6.03 Å². The lowest BCUT2D eigenvalue weighted by Crippen LogP contribution is -2.35. The number of carbonyl (C=O) groups excluding carboxylic acids is 1. The molecule has 6 heteroatoms. The average Bonchev–Trinajstić information content (AvgIpc) is 2.65. The topological polar surface area (TPSA) is 85.6 Å². The number of benzene rings is 2. The van der Waals surface area contributed by atoms with Crippen molar-refractivity contribution in [1.82, 2.24) is 4.90 Å². The number of hydrogen-bond donors (Lipinski definition) is 2. The highest BCUT2D eigenvalue weighted by Gasteiger charge is 2.16. The minimum Gasteiger partial charge on any atom is -0.496 e. The predicted molar refractivity (Wildman–Crippen MR) is 95.3 cm³/mol. The van der Waals surface area contributed by atoms with E-state index in [-0.39, 0.29) is 12.6 Å². The lowest BCUT2D eigenvalue weighted by atomic mass is 10.2. The average molecular weight is 339 g/mol. The van der Waals surface area contributed by atoms with E-state index in [2.05, 4.69) is 5.32 Å². The van der Waals surface area contributed by atoms with Gasteiger partial charge in [-0.2, -0.15) is 5.26 Å². The highest BCUT2D eigenvalue weighted by Crippen LogP contribution is 2.20. The Morgan fingerprint density at radius 1 is 1.24 bits per heavy atom. The van der Waals surface area contributed by atoms with Crippen molar-refractivity contribution < 1.29 is 14.6 Å². The Labute approximate surface area is 147 Å². The number of rotatable bonds is 7. The van der Waals surface area contributed by atoms with Gasteiger partial charge in [-0.25, -0.2) is 4.79 Å². The smallest absolute Gasteiger partial charge is 0.322 e. The lowest BCUT2D eigenvalue weighted by Gasteiger charge is -2.24. The Bertz CT molecular complexity index is 738. The van der Waals surface area contributed by atoms with Gasteiger partial charge in [0.25, 0.3) is 0 Å². The first kappa shape index (κ1) is 18.3. The third-order valence-electron chi connectivity index (χ3n) is 3.69. The van der Waals surface area contributed by atoms with Gasteiger partial charge in [0, 0.05) is 24.4 Å². The number of amides is 2. The number of ether oxygens (including phenoxy) is 1. The van der Waals surface area contributed by atoms with Crippen LogP contribution in [0.1, 0.15) is 17.5 Å². The summed E-state index contributed by atoms with van der Waals surface area (Å²) in [4.78, 5) is 14.2. The molecule has 0 spiro atoms. The van der Waals surface area contributed by atoms with E-state index in [1.807, 2.05) is 30.3 Å². The molecule has 0 fully saturated rings. The predicted octanol–water partition coefficient (Wildman–Crippen LogP) is 2.98. The van der Waals surface area contributed by atoms with Gasteiger partial charge in [0.1, 0.15) is 5.75 Å². The lowest BCUT2D eigenvalue weighted by molar-refractivity contribution is 0.198. The number of carbonyl (C=O) groups is 1. The number of para-hydroxylation sites is 1. The largest absolute Gasteiger partial charge is 0.496 e. The molecule has 2 aromatic rings. The van der Waals surface area contributed by atoms with Crippen molar-refractivity contribution in [3.63, 3.8) is 0 Å². The van der Waals surface area contributed by atoms with E-state index >= 15 is 0 Å². The van der Waals surface area contributed by atoms with Crippen LogP contribution in [0.3, 0.4) is 0 Å². The molecule has 0 aliphatic rings. The Hall–Kier alpha value is -3.04. The quantitative estimate of drug-likeness (QED) is 0.812. The van der Waals surface area contributed by atoms with Crippen LogP contribution in [0.15, 0.2) is 48.5 Å². The maximum Gasteiger partial charge on any atom is 0.322 e. The molecule has 2 rings (SSSR count). The van der Waals surface area contributed by atoms with Crippen LogP contribution in [-0.2, 0) is 6.54 Å². The summed E-state index contributed by atoms with van der Waals surface area (Å²) in [6.45, 7) is 0.787. The summed E-state index contributed by atoms with van der Waals surface area (Å²) in [5, 5.41) is 20.7. The van der Waals surface area contributed by atoms with Crippen molar-refractivity contribution in [2.24, 2.45) is 0 Å². The summed E-state index contributed by atoms with van der Waals surface area (Å²) >= 11 is 0. The fourth-order valence-corrected chi connectivity index (χ4v) is 2.38. The first-order chi connectivity index (χ1) is 12.2. The summed E-state index contributed by atoms with van der Waals surface area (Å²) in [5.74, 6) is 0.711. The van der Waals surface area contributed by atoms with E-state index in [1.165, 1.54) is 0 Å². The third kappa shape index (κ3) is 5.23. The van der Waals surface area contributed by atoms with Gasteiger partial charge in [-0.1, -0.05) is 18.2 Å². The van der Waals surface area contributed by atoms with Crippen molar-refractivity contribution in [2.75, 3.05) is 25.6 Å². The molecule has 2 amide bonds. The molecule has 130 valence electrons. The first-order valence-electron chi connectivity index (χ1n) is 7.96. The number of nitrogens with zero attached hydrogens (tertiary/aromatic N) is 2. The van der Waals surface area contributed by atoms with Crippen molar-refractivity contribution in [3.05, 3.63) is 59.7 Å². The minimum atomic E-state index is -0.274. The molecule has 2 aromatic carbocycles. The number of aliphatic hydroxyl groups excluding tert-OH is 1. The van der Waals surface area contributed by atoms with Crippen molar-refractivity contribution >= 4 is 11.7 Å². The Morgan fingerprint density at radius 2 is 1.96 bits per heavy atom. The second-order valence-corrected chi connectivity index (χ2v) is 5.43. The molecule has 0 unspecified atom stereocenters. The zero-order valence-electron chi connectivity index (χ0n) is 14.1. The summed E-state index contributed by atoms with van der Waals surface area (Å²) in [7, 11) is 1.59. The van der Waals surface area contributed by atoms with E-state index < -0.39 is 0 Å². The molecule has 0 atom stereocenters. The Kier molecular flexibility index (Phi) is 6.81. The van der Waals surface area contributed by atoms with Gasteiger partial charge in [0.15, 0.2) is 0 Å². The number of nitrogens with one attached hydrogen (secondary N) is 1. The molecular weight excluding hydrogens is 318 g/mol. The number of methoxy groups -OCH3 is 1. The number of aliphatic hydroxyl groups is 1. The van der Waals surface area contributed by atoms with Crippen molar-refractivity contribution in [2.45, 2.75) is 13.0 Å². The molecule has 0 aromatic heterocycles. The van der Waals surface area contributed by atoms with Crippen molar-refractivity contribution in [3.8, 4) is 11.8 Å². The minimum absolute atomic E-state index is 0.00652. The van der Waals surface area contributed by atoms with Gasteiger partial charge in [-0.05, 0) is 36.8 Å². The van der Waals surface area contributed by atoms with Crippen LogP contribution in [0.4, 0.5) is 10.5 Å². The van der Waals surface area contributed by atoms with E-state index in [1.54, 1.807) is 36.3 Å². The van der Waals surface area contributed by atoms with E-state index in [0.29, 0.717) is 36.5 Å². The number of nitriles is 1. The molecular formula is C19H21N3O3. The van der Waals surface area contributed by atoms with Gasteiger partial charge in [-0.15, -0.1) is 0 Å². The van der Waals surface area contributed by atoms with E-state index in [0.717, 1.165) is 5.56 Å². The van der Waals surface area contributed by atoms with Crippen LogP contribution in [-0.4, -0.2) is 36.3 Å². The van der Waals surface area contributed by atoms with Crippen LogP contribution < -0.4 is 10.1 Å². The normalized spacial score (nSPS) is 9.96. The van der Waals surface area contributed by atoms with Crippen LogP contribution in [0.25, 0.3) is 0 Å². The highest BCUT2D eigenvalue weighted by atomic mass is 16.5. The summed E-state index contributed by atoms with van der Waals surface area (Å²) in [6.07, 6.45) is 0.482. The van der Waals surface area contributed by atoms with Gasteiger partial charge in [-0.3, -0.25) is 0 Å². The summed E-state index contributed by atoms with van der Waals surface area (Å²) < 4.78 is 5.34. The van der Waals surface area contributed by atoms with Crippen LogP contribution >= 0.6 is 0 Å². The first-order valence-corrected chi connectivity index (χ1v) is 7.96. The SMILES string of the molecule is COc1ccccc1CN(CCCO)C(=O)Nc1ccc(C#N)cc1. The monoisotopic (exact) mass is 339 g/mol. The third-order valence-corrected chi connectivity index (χ3v) is 3.69. The molecule has 0 radical (unpaired) electrons. The highest BCUT2D eigenvalue weighted by molar-refractivity contribution is 5.89. The van der Waals surface area contributed by atoms with E-state index in [4.69, 9.17) is 15.1 Å². The number of hydrogen-bond acceptors (Lipinski definition) is 4. The molecule has 2 N–H and O–H groups in total. The molecule has 0 aliphatic heterocycles. The molecule has 0 heterocycles. The van der Waals surface area contributed by atoms with Gasteiger partial charge < -0.3 is 20.1 Å². The maximum absolute atomic E-state index is 12.6. The molecule has 25 heavy (non-hydrogen) atoms. The van der Waals surface area contributed by atoms with Crippen LogP contribution in [0.2, 0.25) is 0 Å². The van der Waals surface area contributed by atoms with Gasteiger partial charge in [0.05, 0.1) is 25.3 Å². The van der Waals surface area contributed by atoms with Crippen LogP contribution in [0, 0.1) is 11.3 Å². The second-order valence-electron chi connectivity index (χ2n) is 5.43. The molecule has 6 nitrogen and oxygen atoms in total. The van der Waals surface area contributed by atoms with E-state index in [9.17, 15) is 4.79 Å². The molecule has 0 bridgehead atoms. The fourth-order valence-electron chi connectivity index (χ4n) is 2.38. The Morgan fingerprint density at radius 3 is 2.60 bits per heavy atom. The van der Waals surface area contributed by atoms with Crippen LogP contribution in [0.5, 0.6) is 5.75 Å². The molecule has 0 saturated carbocycles. The zero-order chi connectivity index (χ0) is 18.1.